The maximum absolute atomic E-state index is 12.3. The number of nitrogens with one attached hydrogen (secondary N) is 1. The first-order chi connectivity index (χ1) is 10.2. The van der Waals surface area contributed by atoms with Crippen molar-refractivity contribution in [2.24, 2.45) is 5.14 Å². The second-order valence-corrected chi connectivity index (χ2v) is 8.19. The van der Waals surface area contributed by atoms with E-state index in [1.54, 1.807) is 6.92 Å². The summed E-state index contributed by atoms with van der Waals surface area (Å²) in [6, 6.07) is 8.99. The topological polar surface area (TPSA) is 89.3 Å². The maximum atomic E-state index is 12.3. The zero-order valence-corrected chi connectivity index (χ0v) is 14.2. The lowest BCUT2D eigenvalue weighted by molar-refractivity contribution is 0.103. The molecule has 1 amide bonds. The molecule has 0 aliphatic heterocycles. The molecule has 118 valence electrons. The van der Waals surface area contributed by atoms with E-state index >= 15 is 0 Å². The summed E-state index contributed by atoms with van der Waals surface area (Å²) in [5.41, 5.74) is 2.44. The van der Waals surface area contributed by atoms with Gasteiger partial charge in [-0.2, -0.15) is 0 Å². The molecule has 0 atom stereocenters. The third-order valence-electron chi connectivity index (χ3n) is 3.22. The van der Waals surface area contributed by atoms with Gasteiger partial charge in [-0.05, 0) is 42.2 Å². The van der Waals surface area contributed by atoms with Crippen LogP contribution >= 0.6 is 11.3 Å². The number of amides is 1. The van der Waals surface area contributed by atoms with Crippen LogP contribution in [0, 0.1) is 6.92 Å². The molecule has 0 spiro atoms. The molecule has 3 N–H and O–H groups in total. The van der Waals surface area contributed by atoms with Crippen molar-refractivity contribution in [1.82, 2.24) is 0 Å². The van der Waals surface area contributed by atoms with Crippen LogP contribution in [-0.4, -0.2) is 14.3 Å². The number of anilines is 1. The minimum atomic E-state index is -3.79. The highest BCUT2D eigenvalue weighted by atomic mass is 32.2. The first-order valence-electron chi connectivity index (χ1n) is 6.73. The van der Waals surface area contributed by atoms with Crippen LogP contribution in [0.25, 0.3) is 0 Å². The maximum Gasteiger partial charge on any atom is 0.266 e. The van der Waals surface area contributed by atoms with Crippen molar-refractivity contribution in [3.05, 3.63) is 46.3 Å². The van der Waals surface area contributed by atoms with Gasteiger partial charge in [0.1, 0.15) is 4.21 Å². The number of carbonyl (C=O) groups is 1. The van der Waals surface area contributed by atoms with E-state index in [4.69, 9.17) is 5.14 Å². The molecule has 2 rings (SSSR count). The number of aryl methyl sites for hydroxylation is 1. The molecule has 2 aromatic rings. The van der Waals surface area contributed by atoms with Crippen molar-refractivity contribution >= 4 is 33.0 Å². The van der Waals surface area contributed by atoms with Crippen molar-refractivity contribution in [3.63, 3.8) is 0 Å². The number of benzene rings is 1. The minimum Gasteiger partial charge on any atom is -0.321 e. The van der Waals surface area contributed by atoms with E-state index in [0.29, 0.717) is 22.0 Å². The van der Waals surface area contributed by atoms with Gasteiger partial charge in [0.05, 0.1) is 4.88 Å². The fourth-order valence-corrected chi connectivity index (χ4v) is 3.81. The fraction of sp³-hybridized carbons (Fsp3) is 0.267. The Morgan fingerprint density at radius 1 is 1.23 bits per heavy atom. The monoisotopic (exact) mass is 338 g/mol. The van der Waals surface area contributed by atoms with Crippen molar-refractivity contribution in [2.75, 3.05) is 5.32 Å². The summed E-state index contributed by atoms with van der Waals surface area (Å²) in [5, 5.41) is 7.85. The average Bonchev–Trinajstić information content (AvgIpc) is 2.81. The van der Waals surface area contributed by atoms with Crippen LogP contribution in [0.3, 0.4) is 0 Å². The summed E-state index contributed by atoms with van der Waals surface area (Å²) in [7, 11) is -3.79. The Labute approximate surface area is 134 Å². The minimum absolute atomic E-state index is 0.00898. The fourth-order valence-electron chi connectivity index (χ4n) is 1.96. The summed E-state index contributed by atoms with van der Waals surface area (Å²) >= 11 is 0.877. The van der Waals surface area contributed by atoms with Gasteiger partial charge in [0.25, 0.3) is 5.91 Å². The molecule has 0 saturated heterocycles. The molecule has 7 heteroatoms. The molecule has 1 heterocycles. The van der Waals surface area contributed by atoms with Crippen LogP contribution in [-0.2, 0) is 10.0 Å². The average molecular weight is 338 g/mol. The van der Waals surface area contributed by atoms with Gasteiger partial charge in [0.15, 0.2) is 0 Å². The second kappa shape index (κ2) is 6.20. The Morgan fingerprint density at radius 3 is 2.27 bits per heavy atom. The summed E-state index contributed by atoms with van der Waals surface area (Å²) in [4.78, 5) is 12.6. The normalized spacial score (nSPS) is 11.7. The summed E-state index contributed by atoms with van der Waals surface area (Å²) in [6.07, 6.45) is 0. The summed E-state index contributed by atoms with van der Waals surface area (Å²) < 4.78 is 22.7. The number of hydrogen-bond donors (Lipinski definition) is 2. The van der Waals surface area contributed by atoms with Gasteiger partial charge in [-0.3, -0.25) is 4.79 Å². The van der Waals surface area contributed by atoms with E-state index in [2.05, 4.69) is 19.2 Å². The van der Waals surface area contributed by atoms with E-state index in [-0.39, 0.29) is 10.1 Å². The Bertz CT molecular complexity index is 791. The van der Waals surface area contributed by atoms with Gasteiger partial charge < -0.3 is 5.32 Å². The highest BCUT2D eigenvalue weighted by Gasteiger charge is 2.19. The van der Waals surface area contributed by atoms with Crippen LogP contribution < -0.4 is 10.5 Å². The molecule has 0 bridgehead atoms. The number of carbonyl (C=O) groups excluding carboxylic acids is 1. The second-order valence-electron chi connectivity index (χ2n) is 5.35. The molecule has 5 nitrogen and oxygen atoms in total. The van der Waals surface area contributed by atoms with E-state index in [1.807, 2.05) is 24.3 Å². The third-order valence-corrected chi connectivity index (χ3v) is 5.87. The first-order valence-corrected chi connectivity index (χ1v) is 9.09. The van der Waals surface area contributed by atoms with E-state index in [0.717, 1.165) is 11.3 Å². The van der Waals surface area contributed by atoms with E-state index in [1.165, 1.54) is 11.6 Å². The zero-order chi connectivity index (χ0) is 16.5. The predicted molar refractivity (Wildman–Crippen MR) is 88.9 cm³/mol. The molecule has 0 radical (unpaired) electrons. The Balaban J connectivity index is 2.21. The lowest BCUT2D eigenvalue weighted by atomic mass is 10.0. The lowest BCUT2D eigenvalue weighted by Crippen LogP contribution is -2.11. The van der Waals surface area contributed by atoms with Gasteiger partial charge in [-0.25, -0.2) is 13.6 Å². The van der Waals surface area contributed by atoms with Crippen LogP contribution in [0.2, 0.25) is 0 Å². The van der Waals surface area contributed by atoms with Crippen molar-refractivity contribution < 1.29 is 13.2 Å². The first kappa shape index (κ1) is 16.7. The van der Waals surface area contributed by atoms with Crippen LogP contribution in [0.15, 0.2) is 34.5 Å². The smallest absolute Gasteiger partial charge is 0.266 e. The third kappa shape index (κ3) is 3.73. The molecule has 0 saturated carbocycles. The van der Waals surface area contributed by atoms with E-state index in [9.17, 15) is 13.2 Å². The number of nitrogens with two attached hydrogens (primary N) is 1. The van der Waals surface area contributed by atoms with Gasteiger partial charge >= 0.3 is 0 Å². The Hall–Kier alpha value is -1.70. The Kier molecular flexibility index (Phi) is 4.69. The molecule has 1 aromatic heterocycles. The quantitative estimate of drug-likeness (QED) is 0.897. The van der Waals surface area contributed by atoms with Crippen LogP contribution in [0.5, 0.6) is 0 Å². The standard InChI is InChI=1S/C15H18N2O3S2/c1-9(2)11-4-6-12(7-5-11)17-15(18)14-10(3)8-13(21-14)22(16,19)20/h4-9H,1-3H3,(H,17,18)(H2,16,19,20). The molecule has 0 aliphatic rings. The van der Waals surface area contributed by atoms with Gasteiger partial charge in [-0.1, -0.05) is 26.0 Å². The largest absolute Gasteiger partial charge is 0.321 e. The van der Waals surface area contributed by atoms with Gasteiger partial charge in [0.2, 0.25) is 10.0 Å². The molecule has 0 aliphatic carbocycles. The zero-order valence-electron chi connectivity index (χ0n) is 12.6. The predicted octanol–water partition coefficient (Wildman–Crippen LogP) is 3.08. The molecule has 1 aromatic carbocycles. The van der Waals surface area contributed by atoms with Gasteiger partial charge in [0, 0.05) is 5.69 Å². The highest BCUT2D eigenvalue weighted by molar-refractivity contribution is 7.91. The van der Waals surface area contributed by atoms with Gasteiger partial charge in [-0.15, -0.1) is 11.3 Å². The van der Waals surface area contributed by atoms with Crippen molar-refractivity contribution in [1.29, 1.82) is 0 Å². The van der Waals surface area contributed by atoms with Crippen molar-refractivity contribution in [3.8, 4) is 0 Å². The number of sulfonamides is 1. The van der Waals surface area contributed by atoms with Crippen molar-refractivity contribution in [2.45, 2.75) is 30.9 Å². The number of hydrogen-bond acceptors (Lipinski definition) is 4. The molecule has 0 unspecified atom stereocenters. The van der Waals surface area contributed by atoms with Crippen LogP contribution in [0.1, 0.15) is 40.6 Å². The molecule has 0 fully saturated rings. The molecular weight excluding hydrogens is 320 g/mol. The Morgan fingerprint density at radius 2 is 1.82 bits per heavy atom. The SMILES string of the molecule is Cc1cc(S(N)(=O)=O)sc1C(=O)Nc1ccc(C(C)C)cc1. The number of primary sulfonamides is 1. The van der Waals surface area contributed by atoms with Crippen LogP contribution in [0.4, 0.5) is 5.69 Å². The van der Waals surface area contributed by atoms with E-state index < -0.39 is 10.0 Å². The summed E-state index contributed by atoms with van der Waals surface area (Å²) in [5.74, 6) is 0.0799. The molecule has 22 heavy (non-hydrogen) atoms. The lowest BCUT2D eigenvalue weighted by Gasteiger charge is -2.08. The number of thiophene rings is 1. The summed E-state index contributed by atoms with van der Waals surface area (Å²) in [6.45, 7) is 5.87. The molecular formula is C15H18N2O3S2. The highest BCUT2D eigenvalue weighted by Crippen LogP contribution is 2.26. The number of rotatable bonds is 4.